The van der Waals surface area contributed by atoms with Crippen molar-refractivity contribution in [3.05, 3.63) is 76.3 Å². The van der Waals surface area contributed by atoms with Gasteiger partial charge in [-0.05, 0) is 68.0 Å². The van der Waals surface area contributed by atoms with Gasteiger partial charge < -0.3 is 29.6 Å². The Morgan fingerprint density at radius 3 is 2.67 bits per heavy atom. The zero-order valence-corrected chi connectivity index (χ0v) is 22.3. The number of halogens is 1. The van der Waals surface area contributed by atoms with Crippen molar-refractivity contribution in [1.29, 1.82) is 0 Å². The number of hydrogen-bond acceptors (Lipinski definition) is 5. The lowest BCUT2D eigenvalue weighted by atomic mass is 9.96. The molecular weight excluding hydrogens is 498 g/mol. The van der Waals surface area contributed by atoms with Crippen molar-refractivity contribution >= 4 is 46.2 Å². The lowest BCUT2D eigenvalue weighted by molar-refractivity contribution is -0.119. The van der Waals surface area contributed by atoms with Gasteiger partial charge in [0.25, 0.3) is 0 Å². The number of pyridine rings is 1. The maximum atomic E-state index is 12.0. The van der Waals surface area contributed by atoms with Gasteiger partial charge in [-0.25, -0.2) is 0 Å². The quantitative estimate of drug-likeness (QED) is 0.395. The van der Waals surface area contributed by atoms with Gasteiger partial charge in [0.05, 0.1) is 35.1 Å². The van der Waals surface area contributed by atoms with Gasteiger partial charge in [-0.2, -0.15) is 0 Å². The van der Waals surface area contributed by atoms with Crippen LogP contribution in [0.25, 0.3) is 0 Å². The Morgan fingerprint density at radius 2 is 2.00 bits per heavy atom. The van der Waals surface area contributed by atoms with Gasteiger partial charge in [-0.3, -0.25) is 9.78 Å². The van der Waals surface area contributed by atoms with Crippen molar-refractivity contribution in [2.45, 2.75) is 32.5 Å². The highest BCUT2D eigenvalue weighted by molar-refractivity contribution is 7.80. The van der Waals surface area contributed by atoms with Crippen molar-refractivity contribution in [3.63, 3.8) is 0 Å². The zero-order chi connectivity index (χ0) is 25.8. The van der Waals surface area contributed by atoms with Crippen LogP contribution < -0.4 is 15.5 Å². The van der Waals surface area contributed by atoms with E-state index >= 15 is 0 Å². The number of benzene rings is 1. The minimum absolute atomic E-state index is 0.0509. The van der Waals surface area contributed by atoms with E-state index in [0.717, 1.165) is 34.9 Å². The van der Waals surface area contributed by atoms with Gasteiger partial charge in [-0.1, -0.05) is 17.7 Å². The minimum atomic E-state index is -0.276. The van der Waals surface area contributed by atoms with Crippen molar-refractivity contribution in [2.75, 3.05) is 37.7 Å². The normalized spacial score (nSPS) is 17.4. The summed E-state index contributed by atoms with van der Waals surface area (Å²) >= 11 is 12.4. The van der Waals surface area contributed by atoms with Crippen LogP contribution >= 0.6 is 23.8 Å². The first-order chi connectivity index (χ1) is 17.3. The van der Waals surface area contributed by atoms with E-state index in [2.05, 4.69) is 45.0 Å². The van der Waals surface area contributed by atoms with Crippen LogP contribution in [0.4, 0.5) is 11.4 Å². The number of aromatic nitrogens is 2. The number of carbonyl (C=O) groups is 1. The van der Waals surface area contributed by atoms with Gasteiger partial charge >= 0.3 is 0 Å². The smallest absolute Gasteiger partial charge is 0.250 e. The maximum Gasteiger partial charge on any atom is 0.250 e. The first-order valence-electron chi connectivity index (χ1n) is 11.6. The topological polar surface area (TPSA) is 80.7 Å². The van der Waals surface area contributed by atoms with E-state index in [9.17, 15) is 4.79 Å². The predicted molar refractivity (Wildman–Crippen MR) is 146 cm³/mol. The lowest BCUT2D eigenvalue weighted by Crippen LogP contribution is -2.29. The van der Waals surface area contributed by atoms with Crippen LogP contribution in [0, 0.1) is 13.8 Å². The molecule has 1 saturated heterocycles. The molecule has 0 unspecified atom stereocenters. The van der Waals surface area contributed by atoms with Crippen LogP contribution in [0.15, 0.2) is 48.7 Å². The molecule has 0 aliphatic carbocycles. The molecule has 36 heavy (non-hydrogen) atoms. The molecule has 0 spiro atoms. The SMILES string of the molecule is COCCn1c(C)cc([C@@H]2[C@H](c3ccccn3)NC(=S)N2c2ccc(NC(=O)COC)c(Cl)c2)c1C. The molecule has 1 aromatic carbocycles. The summed E-state index contributed by atoms with van der Waals surface area (Å²) in [7, 11) is 3.17. The van der Waals surface area contributed by atoms with Crippen LogP contribution in [0.5, 0.6) is 0 Å². The zero-order valence-electron chi connectivity index (χ0n) is 20.7. The van der Waals surface area contributed by atoms with Crippen LogP contribution in [0.2, 0.25) is 5.02 Å². The summed E-state index contributed by atoms with van der Waals surface area (Å²) in [6, 6.07) is 13.2. The number of amides is 1. The summed E-state index contributed by atoms with van der Waals surface area (Å²) in [6.07, 6.45) is 1.79. The fraction of sp³-hybridized carbons (Fsp3) is 0.346. The van der Waals surface area contributed by atoms with Crippen molar-refractivity contribution in [2.24, 2.45) is 0 Å². The van der Waals surface area contributed by atoms with Crippen LogP contribution in [-0.2, 0) is 20.8 Å². The monoisotopic (exact) mass is 527 g/mol. The molecular formula is C26H30ClN5O3S. The van der Waals surface area contributed by atoms with E-state index in [-0.39, 0.29) is 24.6 Å². The first-order valence-corrected chi connectivity index (χ1v) is 12.4. The highest BCUT2D eigenvalue weighted by Crippen LogP contribution is 2.44. The molecule has 3 aromatic rings. The molecule has 2 atom stereocenters. The van der Waals surface area contributed by atoms with Gasteiger partial charge in [0, 0.05) is 44.0 Å². The van der Waals surface area contributed by atoms with Crippen molar-refractivity contribution in [3.8, 4) is 0 Å². The number of hydrogen-bond donors (Lipinski definition) is 2. The molecule has 10 heteroatoms. The van der Waals surface area contributed by atoms with E-state index in [1.807, 2.05) is 30.3 Å². The fourth-order valence-corrected chi connectivity index (χ4v) is 5.24. The summed E-state index contributed by atoms with van der Waals surface area (Å²) in [4.78, 5) is 18.7. The van der Waals surface area contributed by atoms with Gasteiger partial charge in [-0.15, -0.1) is 0 Å². The van der Waals surface area contributed by atoms with Gasteiger partial charge in [0.15, 0.2) is 5.11 Å². The highest BCUT2D eigenvalue weighted by atomic mass is 35.5. The third kappa shape index (κ3) is 5.24. The number of ether oxygens (including phenoxy) is 2. The van der Waals surface area contributed by atoms with Crippen LogP contribution in [0.3, 0.4) is 0 Å². The Bertz CT molecular complexity index is 1250. The number of methoxy groups -OCH3 is 2. The van der Waals surface area contributed by atoms with Crippen LogP contribution in [-0.4, -0.2) is 48.0 Å². The molecule has 1 fully saturated rings. The molecule has 1 aliphatic heterocycles. The number of nitrogens with one attached hydrogen (secondary N) is 2. The predicted octanol–water partition coefficient (Wildman–Crippen LogP) is 4.56. The van der Waals surface area contributed by atoms with E-state index in [1.165, 1.54) is 7.11 Å². The Morgan fingerprint density at radius 1 is 1.19 bits per heavy atom. The standard InChI is InChI=1S/C26H30ClN5O3S/c1-16-13-19(17(2)31(16)11-12-34-3)25-24(22-7-5-6-10-28-22)30-26(36)32(25)18-8-9-21(20(27)14-18)29-23(33)15-35-4/h5-10,13-14,24-25H,11-12,15H2,1-4H3,(H,29,33)(H,30,36)/t24-,25+/m0/s1. The minimum Gasteiger partial charge on any atom is -0.383 e. The molecule has 4 rings (SSSR count). The summed E-state index contributed by atoms with van der Waals surface area (Å²) in [5.74, 6) is -0.276. The summed E-state index contributed by atoms with van der Waals surface area (Å²) < 4.78 is 12.5. The van der Waals surface area contributed by atoms with E-state index in [4.69, 9.17) is 33.3 Å². The Labute approximate surface area is 221 Å². The molecule has 0 saturated carbocycles. The Hall–Kier alpha value is -2.98. The maximum absolute atomic E-state index is 12.0. The summed E-state index contributed by atoms with van der Waals surface area (Å²) in [5, 5.41) is 7.23. The molecule has 1 amide bonds. The molecule has 0 bridgehead atoms. The number of thiocarbonyl (C=S) groups is 1. The second-order valence-corrected chi connectivity index (χ2v) is 9.41. The van der Waals surface area contributed by atoms with Gasteiger partial charge in [0.2, 0.25) is 5.91 Å². The molecule has 8 nitrogen and oxygen atoms in total. The van der Waals surface area contributed by atoms with Crippen molar-refractivity contribution < 1.29 is 14.3 Å². The highest BCUT2D eigenvalue weighted by Gasteiger charge is 2.42. The summed E-state index contributed by atoms with van der Waals surface area (Å²) in [5.41, 5.74) is 5.64. The Kier molecular flexibility index (Phi) is 8.25. The Balaban J connectivity index is 1.77. The molecule has 2 N–H and O–H groups in total. The summed E-state index contributed by atoms with van der Waals surface area (Å²) in [6.45, 7) is 5.55. The van der Waals surface area contributed by atoms with Gasteiger partial charge in [0.1, 0.15) is 6.61 Å². The van der Waals surface area contributed by atoms with E-state index in [1.54, 1.807) is 19.4 Å². The average Bonchev–Trinajstić information content (AvgIpc) is 3.35. The number of rotatable bonds is 9. The van der Waals surface area contributed by atoms with Crippen LogP contribution in [0.1, 0.15) is 34.7 Å². The third-order valence-electron chi connectivity index (χ3n) is 6.33. The third-order valence-corrected chi connectivity index (χ3v) is 6.96. The number of aryl methyl sites for hydroxylation is 1. The molecule has 0 radical (unpaired) electrons. The number of anilines is 2. The van der Waals surface area contributed by atoms with E-state index < -0.39 is 0 Å². The van der Waals surface area contributed by atoms with E-state index in [0.29, 0.717) is 22.4 Å². The average molecular weight is 528 g/mol. The number of carbonyl (C=O) groups excluding carboxylic acids is 1. The molecule has 2 aromatic heterocycles. The molecule has 3 heterocycles. The second-order valence-electron chi connectivity index (χ2n) is 8.61. The lowest BCUT2D eigenvalue weighted by Gasteiger charge is -2.28. The molecule has 1 aliphatic rings. The second kappa shape index (κ2) is 11.4. The fourth-order valence-electron chi connectivity index (χ4n) is 4.68. The first kappa shape index (κ1) is 26.1. The number of nitrogens with zero attached hydrogens (tertiary/aromatic N) is 3. The van der Waals surface area contributed by atoms with Crippen molar-refractivity contribution in [1.82, 2.24) is 14.9 Å². The largest absolute Gasteiger partial charge is 0.383 e. The molecule has 190 valence electrons.